The smallest absolute Gasteiger partial charge is 0.0266 e. The minimum atomic E-state index is 0.0883. The highest BCUT2D eigenvalue weighted by atomic mass is 14.6. The molecule has 0 amide bonds. The van der Waals surface area contributed by atoms with Crippen molar-refractivity contribution >= 4 is 0 Å². The standard InChI is InChI=1S/C15H17N/c1-11-6-8-13(9-7-11)15-5-3-4-14(10-15)12(2)16/h3-10,12H,16H2,1-2H3/t12-/m0/s1. The normalized spacial score (nSPS) is 12.4. The molecule has 2 N–H and O–H groups in total. The highest BCUT2D eigenvalue weighted by molar-refractivity contribution is 5.64. The van der Waals surface area contributed by atoms with Gasteiger partial charge < -0.3 is 5.73 Å². The van der Waals surface area contributed by atoms with Crippen LogP contribution in [0.3, 0.4) is 0 Å². The lowest BCUT2D eigenvalue weighted by atomic mass is 10.00. The average molecular weight is 211 g/mol. The third kappa shape index (κ3) is 2.31. The third-order valence-electron chi connectivity index (χ3n) is 2.80. The van der Waals surface area contributed by atoms with E-state index in [0.717, 1.165) is 0 Å². The van der Waals surface area contributed by atoms with E-state index in [4.69, 9.17) is 5.73 Å². The first-order chi connectivity index (χ1) is 7.66. The number of benzene rings is 2. The zero-order valence-corrected chi connectivity index (χ0v) is 9.77. The molecule has 0 aliphatic heterocycles. The Balaban J connectivity index is 2.40. The molecule has 0 aliphatic rings. The number of aryl methyl sites for hydroxylation is 1. The molecular weight excluding hydrogens is 194 g/mol. The second-order valence-electron chi connectivity index (χ2n) is 4.28. The van der Waals surface area contributed by atoms with Crippen molar-refractivity contribution in [2.75, 3.05) is 0 Å². The van der Waals surface area contributed by atoms with Crippen molar-refractivity contribution in [3.8, 4) is 11.1 Å². The van der Waals surface area contributed by atoms with E-state index < -0.39 is 0 Å². The molecule has 0 radical (unpaired) electrons. The van der Waals surface area contributed by atoms with Crippen LogP contribution in [0.25, 0.3) is 11.1 Å². The molecule has 1 nitrogen and oxygen atoms in total. The molecule has 82 valence electrons. The minimum absolute atomic E-state index is 0.0883. The molecule has 1 atom stereocenters. The molecule has 0 heterocycles. The highest BCUT2D eigenvalue weighted by Gasteiger charge is 2.02. The molecule has 16 heavy (non-hydrogen) atoms. The Morgan fingerprint density at radius 2 is 1.62 bits per heavy atom. The summed E-state index contributed by atoms with van der Waals surface area (Å²) in [5, 5.41) is 0. The van der Waals surface area contributed by atoms with Crippen LogP contribution >= 0.6 is 0 Å². The maximum atomic E-state index is 5.88. The minimum Gasteiger partial charge on any atom is -0.324 e. The largest absolute Gasteiger partial charge is 0.324 e. The summed E-state index contributed by atoms with van der Waals surface area (Å²) in [5.74, 6) is 0. The van der Waals surface area contributed by atoms with Crippen LogP contribution in [-0.4, -0.2) is 0 Å². The van der Waals surface area contributed by atoms with Crippen LogP contribution in [0.5, 0.6) is 0 Å². The number of rotatable bonds is 2. The van der Waals surface area contributed by atoms with Crippen LogP contribution in [0.4, 0.5) is 0 Å². The zero-order chi connectivity index (χ0) is 11.5. The molecule has 0 fully saturated rings. The van der Waals surface area contributed by atoms with Gasteiger partial charge in [-0.1, -0.05) is 48.0 Å². The van der Waals surface area contributed by atoms with Crippen LogP contribution in [-0.2, 0) is 0 Å². The Hall–Kier alpha value is -1.60. The average Bonchev–Trinajstić information content (AvgIpc) is 2.30. The predicted molar refractivity (Wildman–Crippen MR) is 69.2 cm³/mol. The van der Waals surface area contributed by atoms with Gasteiger partial charge in [0.05, 0.1) is 0 Å². The van der Waals surface area contributed by atoms with Crippen LogP contribution in [0, 0.1) is 6.92 Å². The number of hydrogen-bond donors (Lipinski definition) is 1. The van der Waals surface area contributed by atoms with Crippen molar-refractivity contribution in [3.05, 3.63) is 59.7 Å². The lowest BCUT2D eigenvalue weighted by Crippen LogP contribution is -2.04. The maximum absolute atomic E-state index is 5.88. The first-order valence-corrected chi connectivity index (χ1v) is 5.59. The SMILES string of the molecule is Cc1ccc(-c2cccc([C@H](C)N)c2)cc1. The zero-order valence-electron chi connectivity index (χ0n) is 9.77. The fourth-order valence-electron chi connectivity index (χ4n) is 1.75. The van der Waals surface area contributed by atoms with E-state index in [-0.39, 0.29) is 6.04 Å². The van der Waals surface area contributed by atoms with Gasteiger partial charge in [-0.25, -0.2) is 0 Å². The monoisotopic (exact) mass is 211 g/mol. The molecular formula is C15H17N. The van der Waals surface area contributed by atoms with Gasteiger partial charge in [-0.15, -0.1) is 0 Å². The van der Waals surface area contributed by atoms with E-state index >= 15 is 0 Å². The quantitative estimate of drug-likeness (QED) is 0.805. The molecule has 0 bridgehead atoms. The van der Waals surface area contributed by atoms with Crippen LogP contribution in [0.15, 0.2) is 48.5 Å². The summed E-state index contributed by atoms with van der Waals surface area (Å²) in [6.45, 7) is 4.11. The van der Waals surface area contributed by atoms with E-state index in [2.05, 4.69) is 55.5 Å². The Morgan fingerprint density at radius 1 is 0.938 bits per heavy atom. The van der Waals surface area contributed by atoms with Gasteiger partial charge in [-0.2, -0.15) is 0 Å². The predicted octanol–water partition coefficient (Wildman–Crippen LogP) is 3.68. The molecule has 0 saturated heterocycles. The second-order valence-corrected chi connectivity index (χ2v) is 4.28. The fourth-order valence-corrected chi connectivity index (χ4v) is 1.75. The third-order valence-corrected chi connectivity index (χ3v) is 2.80. The lowest BCUT2D eigenvalue weighted by molar-refractivity contribution is 0.819. The number of hydrogen-bond acceptors (Lipinski definition) is 1. The van der Waals surface area contributed by atoms with Gasteiger partial charge in [0, 0.05) is 6.04 Å². The van der Waals surface area contributed by atoms with E-state index in [9.17, 15) is 0 Å². The van der Waals surface area contributed by atoms with Gasteiger partial charge in [0.25, 0.3) is 0 Å². The summed E-state index contributed by atoms with van der Waals surface area (Å²) >= 11 is 0. The summed E-state index contributed by atoms with van der Waals surface area (Å²) in [6.07, 6.45) is 0. The Bertz CT molecular complexity index is 469. The van der Waals surface area contributed by atoms with Crippen LogP contribution < -0.4 is 5.73 Å². The van der Waals surface area contributed by atoms with Crippen molar-refractivity contribution in [2.45, 2.75) is 19.9 Å². The Kier molecular flexibility index (Phi) is 3.07. The summed E-state index contributed by atoms with van der Waals surface area (Å²) in [4.78, 5) is 0. The van der Waals surface area contributed by atoms with Crippen LogP contribution in [0.2, 0.25) is 0 Å². The summed E-state index contributed by atoms with van der Waals surface area (Å²) < 4.78 is 0. The van der Waals surface area contributed by atoms with Crippen molar-refractivity contribution < 1.29 is 0 Å². The lowest BCUT2D eigenvalue weighted by Gasteiger charge is -2.08. The fraction of sp³-hybridized carbons (Fsp3) is 0.200. The van der Waals surface area contributed by atoms with Crippen molar-refractivity contribution in [1.29, 1.82) is 0 Å². The molecule has 2 rings (SSSR count). The molecule has 2 aromatic rings. The van der Waals surface area contributed by atoms with Gasteiger partial charge in [0.1, 0.15) is 0 Å². The molecule has 1 heteroatoms. The van der Waals surface area contributed by atoms with Crippen LogP contribution in [0.1, 0.15) is 24.1 Å². The van der Waals surface area contributed by atoms with Gasteiger partial charge in [0.15, 0.2) is 0 Å². The second kappa shape index (κ2) is 4.50. The Morgan fingerprint density at radius 3 is 2.25 bits per heavy atom. The van der Waals surface area contributed by atoms with Crippen molar-refractivity contribution in [1.82, 2.24) is 0 Å². The van der Waals surface area contributed by atoms with E-state index in [1.165, 1.54) is 22.3 Å². The molecule has 0 aliphatic carbocycles. The van der Waals surface area contributed by atoms with Gasteiger partial charge in [0.2, 0.25) is 0 Å². The summed E-state index contributed by atoms with van der Waals surface area (Å²) in [6, 6.07) is 17.1. The topological polar surface area (TPSA) is 26.0 Å². The molecule has 0 aromatic heterocycles. The summed E-state index contributed by atoms with van der Waals surface area (Å²) in [5.41, 5.74) is 10.8. The maximum Gasteiger partial charge on any atom is 0.0266 e. The molecule has 0 unspecified atom stereocenters. The van der Waals surface area contributed by atoms with Gasteiger partial charge in [-0.05, 0) is 36.6 Å². The van der Waals surface area contributed by atoms with Gasteiger partial charge >= 0.3 is 0 Å². The van der Waals surface area contributed by atoms with E-state index in [0.29, 0.717) is 0 Å². The first-order valence-electron chi connectivity index (χ1n) is 5.59. The van der Waals surface area contributed by atoms with Crippen molar-refractivity contribution in [3.63, 3.8) is 0 Å². The van der Waals surface area contributed by atoms with Gasteiger partial charge in [-0.3, -0.25) is 0 Å². The first kappa shape index (κ1) is 10.9. The molecule has 0 saturated carbocycles. The van der Waals surface area contributed by atoms with Crippen molar-refractivity contribution in [2.24, 2.45) is 5.73 Å². The molecule has 2 aromatic carbocycles. The highest BCUT2D eigenvalue weighted by Crippen LogP contribution is 2.22. The Labute approximate surface area is 96.9 Å². The molecule has 0 spiro atoms. The summed E-state index contributed by atoms with van der Waals surface area (Å²) in [7, 11) is 0. The van der Waals surface area contributed by atoms with E-state index in [1.54, 1.807) is 0 Å². The number of nitrogens with two attached hydrogens (primary N) is 1. The van der Waals surface area contributed by atoms with E-state index in [1.807, 2.05) is 6.92 Å².